The summed E-state index contributed by atoms with van der Waals surface area (Å²) in [4.78, 5) is 10.2. The average molecular weight is 509 g/mol. The van der Waals surface area contributed by atoms with Gasteiger partial charge in [-0.05, 0) is 73.9 Å². The molecular weight excluding hydrogens is 468 g/mol. The molecule has 0 aliphatic heterocycles. The molecule has 6 heteroatoms. The average Bonchev–Trinajstić information content (AvgIpc) is 3.55. The highest BCUT2D eigenvalue weighted by molar-refractivity contribution is 5.82. The van der Waals surface area contributed by atoms with Gasteiger partial charge in [0, 0.05) is 22.8 Å². The molecule has 0 saturated heterocycles. The fourth-order valence-corrected chi connectivity index (χ4v) is 5.24. The van der Waals surface area contributed by atoms with Gasteiger partial charge in [-0.1, -0.05) is 59.1 Å². The van der Waals surface area contributed by atoms with E-state index in [-0.39, 0.29) is 0 Å². The third-order valence-electron chi connectivity index (χ3n) is 7.29. The van der Waals surface area contributed by atoms with Gasteiger partial charge in [0.25, 0.3) is 0 Å². The van der Waals surface area contributed by atoms with Crippen LogP contribution in [0.1, 0.15) is 88.7 Å². The van der Waals surface area contributed by atoms with Crippen LogP contribution in [-0.4, -0.2) is 29.5 Å². The summed E-state index contributed by atoms with van der Waals surface area (Å²) in [7, 11) is 0. The van der Waals surface area contributed by atoms with Crippen LogP contribution >= 0.6 is 0 Å². The van der Waals surface area contributed by atoms with E-state index in [0.717, 1.165) is 83.4 Å². The molecule has 0 aliphatic rings. The Bertz CT molecular complexity index is 1420. The van der Waals surface area contributed by atoms with E-state index in [0.29, 0.717) is 0 Å². The maximum atomic E-state index is 5.09. The van der Waals surface area contributed by atoms with Gasteiger partial charge in [-0.3, -0.25) is 0 Å². The van der Waals surface area contributed by atoms with Gasteiger partial charge in [-0.2, -0.15) is 10.2 Å². The van der Waals surface area contributed by atoms with Crippen LogP contribution < -0.4 is 0 Å². The second kappa shape index (κ2) is 11.9. The maximum absolute atomic E-state index is 5.09. The van der Waals surface area contributed by atoms with E-state index in [1.807, 2.05) is 21.8 Å². The molecule has 0 fully saturated rings. The Morgan fingerprint density at radius 3 is 1.53 bits per heavy atom. The van der Waals surface area contributed by atoms with Crippen LogP contribution in [0, 0.1) is 0 Å². The summed E-state index contributed by atoms with van der Waals surface area (Å²) in [5.74, 6) is 2.59. The molecule has 3 heterocycles. The van der Waals surface area contributed by atoms with E-state index in [4.69, 9.17) is 20.2 Å². The molecule has 3 aromatic heterocycles. The molecule has 5 aromatic rings. The van der Waals surface area contributed by atoms with Crippen molar-refractivity contribution >= 4 is 21.8 Å². The summed E-state index contributed by atoms with van der Waals surface area (Å²) < 4.78 is 4.03. The first-order chi connectivity index (χ1) is 18.7. The van der Waals surface area contributed by atoms with Crippen molar-refractivity contribution in [2.45, 2.75) is 91.9 Å². The summed E-state index contributed by atoms with van der Waals surface area (Å²) in [5, 5.41) is 12.0. The first-order valence-corrected chi connectivity index (χ1v) is 14.5. The van der Waals surface area contributed by atoms with Crippen molar-refractivity contribution in [3.8, 4) is 11.6 Å². The van der Waals surface area contributed by atoms with Gasteiger partial charge in [0.2, 0.25) is 0 Å². The molecule has 2 aromatic carbocycles. The third-order valence-corrected chi connectivity index (χ3v) is 7.29. The minimum atomic E-state index is 0.813. The predicted molar refractivity (Wildman–Crippen MR) is 157 cm³/mol. The standard InChI is InChI=1S/C32H40N6/c1-5-9-13-23-15-17-28-25(19-23)21-33-37(28)31-27(11-7-3)32(36-30(35-31)12-8-4)38-29-18-16-24(14-10-6-2)20-26(29)22-34-38/h15-22H,5-14H2,1-4H3. The molecule has 5 rings (SSSR count). The first kappa shape index (κ1) is 26.1. The molecule has 0 bridgehead atoms. The van der Waals surface area contributed by atoms with Crippen LogP contribution in [0.25, 0.3) is 33.4 Å². The summed E-state index contributed by atoms with van der Waals surface area (Å²) in [6.07, 6.45) is 14.6. The van der Waals surface area contributed by atoms with E-state index in [1.165, 1.54) is 36.8 Å². The molecule has 0 aliphatic carbocycles. The Morgan fingerprint density at radius 2 is 1.08 bits per heavy atom. The smallest absolute Gasteiger partial charge is 0.163 e. The summed E-state index contributed by atoms with van der Waals surface area (Å²) in [6.45, 7) is 8.85. The highest BCUT2D eigenvalue weighted by Gasteiger charge is 2.21. The predicted octanol–water partition coefficient (Wildman–Crippen LogP) is 7.74. The lowest BCUT2D eigenvalue weighted by molar-refractivity contribution is 0.736. The van der Waals surface area contributed by atoms with E-state index in [2.05, 4.69) is 64.1 Å². The fraction of sp³-hybridized carbons (Fsp3) is 0.438. The summed E-state index contributed by atoms with van der Waals surface area (Å²) >= 11 is 0. The van der Waals surface area contributed by atoms with Crippen LogP contribution in [0.3, 0.4) is 0 Å². The normalized spacial score (nSPS) is 11.7. The van der Waals surface area contributed by atoms with Gasteiger partial charge in [-0.25, -0.2) is 19.3 Å². The SMILES string of the molecule is CCCCc1ccc2c(cnn2-c2nc(CCC)nc(-n3ncc4cc(CCCC)ccc43)c2CCC)c1. The van der Waals surface area contributed by atoms with Crippen LogP contribution in [0.5, 0.6) is 0 Å². The number of fused-ring (bicyclic) bond motifs is 2. The van der Waals surface area contributed by atoms with Crippen molar-refractivity contribution in [2.75, 3.05) is 0 Å². The lowest BCUT2D eigenvalue weighted by atomic mass is 10.1. The number of aryl methyl sites for hydroxylation is 3. The monoisotopic (exact) mass is 508 g/mol. The summed E-state index contributed by atoms with van der Waals surface area (Å²) in [5.41, 5.74) is 5.99. The molecule has 0 amide bonds. The molecule has 6 nitrogen and oxygen atoms in total. The van der Waals surface area contributed by atoms with E-state index < -0.39 is 0 Å². The van der Waals surface area contributed by atoms with Crippen molar-refractivity contribution < 1.29 is 0 Å². The van der Waals surface area contributed by atoms with Crippen LogP contribution in [0.4, 0.5) is 0 Å². The van der Waals surface area contributed by atoms with Gasteiger partial charge < -0.3 is 0 Å². The Morgan fingerprint density at radius 1 is 0.579 bits per heavy atom. The molecule has 198 valence electrons. The number of hydrogen-bond donors (Lipinski definition) is 0. The largest absolute Gasteiger partial charge is 0.214 e. The topological polar surface area (TPSA) is 61.4 Å². The Hall–Kier alpha value is -3.54. The van der Waals surface area contributed by atoms with Crippen LogP contribution in [0.15, 0.2) is 48.8 Å². The molecular formula is C32H40N6. The molecule has 0 atom stereocenters. The minimum absolute atomic E-state index is 0.813. The quantitative estimate of drug-likeness (QED) is 0.173. The van der Waals surface area contributed by atoms with E-state index >= 15 is 0 Å². The number of benzene rings is 2. The second-order valence-corrected chi connectivity index (χ2v) is 10.4. The lowest BCUT2D eigenvalue weighted by Gasteiger charge is -2.16. The van der Waals surface area contributed by atoms with Gasteiger partial charge >= 0.3 is 0 Å². The molecule has 0 radical (unpaired) electrons. The summed E-state index contributed by atoms with van der Waals surface area (Å²) in [6, 6.07) is 13.4. The molecule has 0 spiro atoms. The van der Waals surface area contributed by atoms with Crippen molar-refractivity contribution in [3.05, 3.63) is 71.3 Å². The van der Waals surface area contributed by atoms with Crippen molar-refractivity contribution in [1.29, 1.82) is 0 Å². The van der Waals surface area contributed by atoms with Gasteiger partial charge in [0.15, 0.2) is 11.6 Å². The molecule has 0 saturated carbocycles. The van der Waals surface area contributed by atoms with Crippen LogP contribution in [0.2, 0.25) is 0 Å². The van der Waals surface area contributed by atoms with E-state index in [9.17, 15) is 0 Å². The van der Waals surface area contributed by atoms with Crippen molar-refractivity contribution in [3.63, 3.8) is 0 Å². The Labute approximate surface area is 226 Å². The zero-order valence-corrected chi connectivity index (χ0v) is 23.4. The number of rotatable bonds is 12. The Kier molecular flexibility index (Phi) is 8.16. The van der Waals surface area contributed by atoms with Gasteiger partial charge in [-0.15, -0.1) is 0 Å². The molecule has 0 N–H and O–H groups in total. The highest BCUT2D eigenvalue weighted by atomic mass is 15.3. The number of aromatic nitrogens is 6. The van der Waals surface area contributed by atoms with Crippen molar-refractivity contribution in [2.24, 2.45) is 0 Å². The van der Waals surface area contributed by atoms with Crippen LogP contribution in [-0.2, 0) is 25.7 Å². The zero-order chi connectivity index (χ0) is 26.5. The first-order valence-electron chi connectivity index (χ1n) is 14.5. The van der Waals surface area contributed by atoms with Gasteiger partial charge in [0.05, 0.1) is 23.4 Å². The fourth-order valence-electron chi connectivity index (χ4n) is 5.24. The van der Waals surface area contributed by atoms with Crippen molar-refractivity contribution in [1.82, 2.24) is 29.5 Å². The molecule has 38 heavy (non-hydrogen) atoms. The zero-order valence-electron chi connectivity index (χ0n) is 23.4. The number of nitrogens with zero attached hydrogens (tertiary/aromatic N) is 6. The molecule has 0 unspecified atom stereocenters. The highest BCUT2D eigenvalue weighted by Crippen LogP contribution is 2.28. The van der Waals surface area contributed by atoms with E-state index in [1.54, 1.807) is 0 Å². The lowest BCUT2D eigenvalue weighted by Crippen LogP contribution is -2.15. The second-order valence-electron chi connectivity index (χ2n) is 10.4. The maximum Gasteiger partial charge on any atom is 0.163 e. The number of unbranched alkanes of at least 4 members (excludes halogenated alkanes) is 2. The minimum Gasteiger partial charge on any atom is -0.214 e. The Balaban J connectivity index is 1.66. The number of hydrogen-bond acceptors (Lipinski definition) is 4. The third kappa shape index (κ3) is 5.22. The van der Waals surface area contributed by atoms with Gasteiger partial charge in [0.1, 0.15) is 5.82 Å².